The normalized spacial score (nSPS) is 26.1. The highest BCUT2D eigenvalue weighted by atomic mass is 35.5. The Hall–Kier alpha value is -1.87. The molecule has 0 aliphatic carbocycles. The molecule has 1 aliphatic rings. The molecule has 2 heterocycles. The molecule has 0 saturated carbocycles. The van der Waals surface area contributed by atoms with Crippen molar-refractivity contribution in [3.05, 3.63) is 62.4 Å². The smallest absolute Gasteiger partial charge is 0.404 e. The van der Waals surface area contributed by atoms with Gasteiger partial charge in [-0.25, -0.2) is 13.9 Å². The molecule has 2 unspecified atom stereocenters. The molecule has 33 heavy (non-hydrogen) atoms. The summed E-state index contributed by atoms with van der Waals surface area (Å²) >= 11 is 5.71. The average molecular weight is 532 g/mol. The maximum atomic E-state index is 12.1. The molecule has 2 aromatic rings. The highest BCUT2D eigenvalue weighted by molar-refractivity contribution is 7.61. The highest BCUT2D eigenvalue weighted by Gasteiger charge is 2.46. The summed E-state index contributed by atoms with van der Waals surface area (Å²) in [5.74, 6) is -0.227. The number of benzene rings is 1. The van der Waals surface area contributed by atoms with E-state index in [0.717, 1.165) is 22.9 Å². The fourth-order valence-electron chi connectivity index (χ4n) is 2.72. The molecular weight excluding hydrogens is 512 g/mol. The summed E-state index contributed by atoms with van der Waals surface area (Å²) in [6.45, 7) is -0.891. The molecule has 18 heteroatoms. The third-order valence-electron chi connectivity index (χ3n) is 4.09. The maximum Gasteiger partial charge on any atom is 0.536 e. The molecule has 1 aliphatic heterocycles. The molecule has 8 N–H and O–H groups in total. The molecule has 0 radical (unpaired) electrons. The van der Waals surface area contributed by atoms with Crippen molar-refractivity contribution in [3.63, 3.8) is 0 Å². The second-order valence-corrected chi connectivity index (χ2v) is 9.83. The van der Waals surface area contributed by atoms with Crippen molar-refractivity contribution < 1.29 is 47.2 Å². The van der Waals surface area contributed by atoms with Crippen LogP contribution in [0.5, 0.6) is 5.75 Å². The molecule has 1 saturated heterocycles. The van der Waals surface area contributed by atoms with Gasteiger partial charge in [-0.05, 0) is 18.2 Å². The van der Waals surface area contributed by atoms with Gasteiger partial charge in [-0.3, -0.25) is 23.8 Å². The van der Waals surface area contributed by atoms with E-state index in [1.54, 1.807) is 0 Å². The van der Waals surface area contributed by atoms with Gasteiger partial charge in [0, 0.05) is 17.3 Å². The van der Waals surface area contributed by atoms with Crippen molar-refractivity contribution in [2.45, 2.75) is 24.5 Å². The predicted molar refractivity (Wildman–Crippen MR) is 111 cm³/mol. The van der Waals surface area contributed by atoms with Crippen LogP contribution in [0.25, 0.3) is 0 Å². The standard InChI is InChI=1S/C15H17ClN2O12P2.H3N/c16-8-2-1-3-9(6-8)29-32(25,26)30-31(23,24)27-7-10-12(20)13(21)14(28-10)18-5-4-11(19)17-15(18)22;/h1-6,10,12-14,20-21H,7H2,(H,23,24)(H,25,26)(H,17,19,22);1H3/t10-,12-,13-,14-;/m1./s1. The number of aliphatic hydroxyl groups excluding tert-OH is 2. The van der Waals surface area contributed by atoms with E-state index in [1.165, 1.54) is 18.2 Å². The third kappa shape index (κ3) is 7.06. The largest absolute Gasteiger partial charge is 0.536 e. The minimum Gasteiger partial charge on any atom is -0.404 e. The summed E-state index contributed by atoms with van der Waals surface area (Å²) in [6.07, 6.45) is -5.27. The first kappa shape index (κ1) is 27.4. The number of phosphoric ester groups is 2. The molecule has 1 aromatic heterocycles. The van der Waals surface area contributed by atoms with E-state index in [4.69, 9.17) is 16.3 Å². The molecule has 15 nitrogen and oxygen atoms in total. The number of hydrogen-bond donors (Lipinski definition) is 6. The quantitative estimate of drug-likeness (QED) is 0.251. The van der Waals surface area contributed by atoms with Crippen LogP contribution in [0.1, 0.15) is 6.23 Å². The monoisotopic (exact) mass is 531 g/mol. The maximum absolute atomic E-state index is 12.1. The van der Waals surface area contributed by atoms with Crippen LogP contribution < -0.4 is 21.9 Å². The van der Waals surface area contributed by atoms with Crippen LogP contribution in [-0.2, 0) is 22.7 Å². The van der Waals surface area contributed by atoms with E-state index < -0.39 is 58.0 Å². The molecule has 6 atom stereocenters. The first-order valence-electron chi connectivity index (χ1n) is 8.66. The lowest BCUT2D eigenvalue weighted by atomic mass is 10.1. The van der Waals surface area contributed by atoms with Crippen molar-refractivity contribution in [2.24, 2.45) is 0 Å². The topological polar surface area (TPSA) is 242 Å². The average Bonchev–Trinajstić information content (AvgIpc) is 2.93. The van der Waals surface area contributed by atoms with Crippen LogP contribution in [0.3, 0.4) is 0 Å². The van der Waals surface area contributed by atoms with Gasteiger partial charge in [0.25, 0.3) is 5.56 Å². The van der Waals surface area contributed by atoms with E-state index in [1.807, 2.05) is 4.98 Å². The third-order valence-corrected chi connectivity index (χ3v) is 6.89. The van der Waals surface area contributed by atoms with Crippen molar-refractivity contribution in [3.8, 4) is 5.75 Å². The Balaban J connectivity index is 0.00000385. The van der Waals surface area contributed by atoms with E-state index in [2.05, 4.69) is 13.4 Å². The lowest BCUT2D eigenvalue weighted by Crippen LogP contribution is -2.37. The number of ether oxygens (including phenoxy) is 1. The van der Waals surface area contributed by atoms with Gasteiger partial charge in [-0.2, -0.15) is 4.31 Å². The summed E-state index contributed by atoms with van der Waals surface area (Å²) in [5.41, 5.74) is -1.64. The summed E-state index contributed by atoms with van der Waals surface area (Å²) in [7, 11) is -10.4. The van der Waals surface area contributed by atoms with Crippen LogP contribution >= 0.6 is 27.2 Å². The molecular formula is C15H20ClN3O12P2. The zero-order valence-electron chi connectivity index (χ0n) is 16.5. The number of nitrogens with zero attached hydrogens (tertiary/aromatic N) is 1. The zero-order valence-corrected chi connectivity index (χ0v) is 19.0. The van der Waals surface area contributed by atoms with Crippen LogP contribution in [0, 0.1) is 0 Å². The van der Waals surface area contributed by atoms with Crippen LogP contribution in [0.2, 0.25) is 5.02 Å². The fraction of sp³-hybridized carbons (Fsp3) is 0.333. The lowest BCUT2D eigenvalue weighted by molar-refractivity contribution is -0.0542. The first-order valence-corrected chi connectivity index (χ1v) is 12.0. The Morgan fingerprint density at radius 2 is 1.82 bits per heavy atom. The van der Waals surface area contributed by atoms with Crippen molar-refractivity contribution in [1.29, 1.82) is 0 Å². The Bertz CT molecular complexity index is 1190. The number of rotatable bonds is 8. The summed E-state index contributed by atoms with van der Waals surface area (Å²) in [4.78, 5) is 44.4. The van der Waals surface area contributed by atoms with Crippen LogP contribution in [0.4, 0.5) is 0 Å². The van der Waals surface area contributed by atoms with Gasteiger partial charge in [0.1, 0.15) is 24.1 Å². The van der Waals surface area contributed by atoms with Crippen molar-refractivity contribution >= 4 is 27.2 Å². The van der Waals surface area contributed by atoms with Crippen LogP contribution in [-0.4, -0.2) is 54.5 Å². The van der Waals surface area contributed by atoms with Gasteiger partial charge in [-0.1, -0.05) is 17.7 Å². The summed E-state index contributed by atoms with van der Waals surface area (Å²) in [6, 6.07) is 6.21. The second kappa shape index (κ2) is 10.6. The second-order valence-electron chi connectivity index (χ2n) is 6.43. The minimum atomic E-state index is -5.23. The van der Waals surface area contributed by atoms with Gasteiger partial charge in [0.05, 0.1) is 6.61 Å². The Morgan fingerprint density at radius 3 is 2.45 bits per heavy atom. The molecule has 0 amide bonds. The molecule has 0 bridgehead atoms. The van der Waals surface area contributed by atoms with Gasteiger partial charge < -0.3 is 30.5 Å². The molecule has 3 rings (SSSR count). The van der Waals surface area contributed by atoms with Crippen molar-refractivity contribution in [1.82, 2.24) is 15.7 Å². The van der Waals surface area contributed by atoms with Crippen molar-refractivity contribution in [2.75, 3.05) is 6.61 Å². The summed E-state index contributed by atoms with van der Waals surface area (Å²) in [5, 5.41) is 20.4. The number of H-pyrrole nitrogens is 1. The van der Waals surface area contributed by atoms with Gasteiger partial charge in [0.15, 0.2) is 6.23 Å². The molecule has 1 aromatic carbocycles. The van der Waals surface area contributed by atoms with Gasteiger partial charge in [0.2, 0.25) is 0 Å². The highest BCUT2D eigenvalue weighted by Crippen LogP contribution is 2.60. The lowest BCUT2D eigenvalue weighted by Gasteiger charge is -2.19. The summed E-state index contributed by atoms with van der Waals surface area (Å²) < 4.78 is 43.5. The van der Waals surface area contributed by atoms with E-state index in [-0.39, 0.29) is 16.9 Å². The predicted octanol–water partition coefficient (Wildman–Crippen LogP) is 0.284. The molecule has 0 spiro atoms. The fourth-order valence-corrected chi connectivity index (χ4v) is 4.98. The number of halogens is 1. The van der Waals surface area contributed by atoms with E-state index >= 15 is 0 Å². The number of hydrogen-bond acceptors (Lipinski definition) is 11. The minimum absolute atomic E-state index is 0. The van der Waals surface area contributed by atoms with Gasteiger partial charge >= 0.3 is 21.3 Å². The Kier molecular flexibility index (Phi) is 8.79. The number of phosphoric acid groups is 2. The SMILES string of the molecule is N.O=c1ccn([C@@H]2O[C@H](COP(=O)(O)OP(=O)(O)Oc3cccc(Cl)c3)[C@@H](O)[C@H]2O)c(=O)[nH]1. The number of aliphatic hydroxyl groups is 2. The number of aromatic amines is 1. The van der Waals surface area contributed by atoms with E-state index in [0.29, 0.717) is 0 Å². The van der Waals surface area contributed by atoms with Gasteiger partial charge in [-0.15, -0.1) is 0 Å². The Morgan fingerprint density at radius 1 is 1.12 bits per heavy atom. The van der Waals surface area contributed by atoms with Crippen LogP contribution in [0.15, 0.2) is 46.1 Å². The van der Waals surface area contributed by atoms with E-state index in [9.17, 15) is 38.7 Å². The first-order chi connectivity index (χ1) is 14.9. The number of aromatic nitrogens is 2. The zero-order chi connectivity index (χ0) is 23.7. The Labute approximate surface area is 189 Å². The molecule has 184 valence electrons. The molecule has 1 fully saturated rings. The number of nitrogens with one attached hydrogen (secondary N) is 1.